The maximum absolute atomic E-state index is 11.2. The van der Waals surface area contributed by atoms with Crippen molar-refractivity contribution in [2.24, 2.45) is 5.73 Å². The van der Waals surface area contributed by atoms with Crippen LogP contribution in [0.2, 0.25) is 0 Å². The summed E-state index contributed by atoms with van der Waals surface area (Å²) in [5.41, 5.74) is 12.7. The van der Waals surface area contributed by atoms with Gasteiger partial charge in [-0.1, -0.05) is 6.07 Å². The molecule has 15 heteroatoms. The summed E-state index contributed by atoms with van der Waals surface area (Å²) >= 11 is 0. The Morgan fingerprint density at radius 3 is 1.72 bits per heavy atom. The average molecular weight is 436 g/mol. The fourth-order valence-electron chi connectivity index (χ4n) is 1.14. The highest BCUT2D eigenvalue weighted by atomic mass is 19.4. The van der Waals surface area contributed by atoms with Crippen LogP contribution < -0.4 is 16.8 Å². The van der Waals surface area contributed by atoms with E-state index in [1.165, 1.54) is 0 Å². The number of halogens is 6. The number of nitrogens with zero attached hydrogens (tertiary/aromatic N) is 1. The van der Waals surface area contributed by atoms with E-state index in [1.54, 1.807) is 13.0 Å². The van der Waals surface area contributed by atoms with Crippen molar-refractivity contribution in [3.8, 4) is 0 Å². The van der Waals surface area contributed by atoms with Gasteiger partial charge in [0.25, 0.3) is 0 Å². The van der Waals surface area contributed by atoms with E-state index in [1.807, 2.05) is 13.0 Å². The fraction of sp³-hybridized carbons (Fsp3) is 0.429. The summed E-state index contributed by atoms with van der Waals surface area (Å²) in [6.07, 6.45) is -10.2. The highest BCUT2D eigenvalue weighted by molar-refractivity contribution is 5.80. The third-order valence-electron chi connectivity index (χ3n) is 2.57. The van der Waals surface area contributed by atoms with E-state index in [0.717, 1.165) is 11.3 Å². The number of aliphatic carboxylic acids is 2. The SMILES string of the molecule is Cc1nc(N)ccc1CNC(=O)C(C)N.O=C(O)C(F)(F)F.O=C(O)C(F)(F)F. The van der Waals surface area contributed by atoms with Gasteiger partial charge in [-0.3, -0.25) is 4.79 Å². The first-order valence-corrected chi connectivity index (χ1v) is 7.25. The van der Waals surface area contributed by atoms with Crippen LogP contribution in [0.4, 0.5) is 32.2 Å². The number of carbonyl (C=O) groups excluding carboxylic acids is 1. The lowest BCUT2D eigenvalue weighted by molar-refractivity contribution is -0.193. The number of carbonyl (C=O) groups is 3. The lowest BCUT2D eigenvalue weighted by Gasteiger charge is -2.09. The Morgan fingerprint density at radius 1 is 1.07 bits per heavy atom. The van der Waals surface area contributed by atoms with E-state index in [4.69, 9.17) is 31.3 Å². The zero-order chi connectivity index (χ0) is 23.6. The summed E-state index contributed by atoms with van der Waals surface area (Å²) in [5.74, 6) is -5.21. The third-order valence-corrected chi connectivity index (χ3v) is 2.57. The smallest absolute Gasteiger partial charge is 0.475 e. The number of nitrogen functional groups attached to an aromatic ring is 1. The van der Waals surface area contributed by atoms with Gasteiger partial charge < -0.3 is 27.0 Å². The standard InChI is InChI=1S/C10H16N4O.2C2HF3O2/c1-6(11)10(15)13-5-8-3-4-9(12)14-7(8)2;2*3-2(4,5)1(6)7/h3-4,6H,5,11H2,1-2H3,(H2,12,14)(H,13,15);2*(H,6,7). The highest BCUT2D eigenvalue weighted by Gasteiger charge is 2.38. The molecule has 9 nitrogen and oxygen atoms in total. The Labute approximate surface area is 159 Å². The maximum atomic E-state index is 11.2. The molecule has 166 valence electrons. The highest BCUT2D eigenvalue weighted by Crippen LogP contribution is 2.13. The summed E-state index contributed by atoms with van der Waals surface area (Å²) in [4.78, 5) is 33.1. The summed E-state index contributed by atoms with van der Waals surface area (Å²) in [5, 5.41) is 17.0. The molecule has 0 saturated carbocycles. The molecule has 1 heterocycles. The van der Waals surface area contributed by atoms with Crippen molar-refractivity contribution in [3.05, 3.63) is 23.4 Å². The van der Waals surface area contributed by atoms with Gasteiger partial charge in [-0.2, -0.15) is 26.3 Å². The van der Waals surface area contributed by atoms with E-state index in [2.05, 4.69) is 10.3 Å². The van der Waals surface area contributed by atoms with E-state index in [-0.39, 0.29) is 5.91 Å². The topological polar surface area (TPSA) is 169 Å². The van der Waals surface area contributed by atoms with Crippen molar-refractivity contribution in [1.29, 1.82) is 0 Å². The van der Waals surface area contributed by atoms with Crippen LogP contribution in [0.15, 0.2) is 12.1 Å². The van der Waals surface area contributed by atoms with Crippen molar-refractivity contribution in [2.45, 2.75) is 38.8 Å². The Kier molecular flexibility index (Phi) is 11.3. The minimum Gasteiger partial charge on any atom is -0.475 e. The summed E-state index contributed by atoms with van der Waals surface area (Å²) < 4.78 is 63.5. The van der Waals surface area contributed by atoms with Crippen LogP contribution in [0.3, 0.4) is 0 Å². The van der Waals surface area contributed by atoms with Gasteiger partial charge in [-0.05, 0) is 25.5 Å². The van der Waals surface area contributed by atoms with Crippen LogP contribution in [-0.2, 0) is 20.9 Å². The number of nitrogens with two attached hydrogens (primary N) is 2. The van der Waals surface area contributed by atoms with Crippen LogP contribution in [0.1, 0.15) is 18.2 Å². The molecule has 1 aromatic heterocycles. The summed E-state index contributed by atoms with van der Waals surface area (Å²) in [6.45, 7) is 3.92. The second-order valence-electron chi connectivity index (χ2n) is 5.09. The second-order valence-corrected chi connectivity index (χ2v) is 5.09. The Morgan fingerprint density at radius 2 is 1.45 bits per heavy atom. The molecule has 0 radical (unpaired) electrons. The molecule has 29 heavy (non-hydrogen) atoms. The first-order valence-electron chi connectivity index (χ1n) is 7.25. The molecule has 0 aromatic carbocycles. The molecule has 0 aliphatic heterocycles. The summed E-state index contributed by atoms with van der Waals surface area (Å²) in [7, 11) is 0. The van der Waals surface area contributed by atoms with E-state index in [9.17, 15) is 31.1 Å². The van der Waals surface area contributed by atoms with Crippen LogP contribution in [0, 0.1) is 6.92 Å². The molecule has 0 bridgehead atoms. The number of nitrogens with one attached hydrogen (secondary N) is 1. The zero-order valence-corrected chi connectivity index (χ0v) is 14.9. The Bertz CT molecular complexity index is 683. The molecule has 1 amide bonds. The third kappa shape index (κ3) is 13.7. The maximum Gasteiger partial charge on any atom is 0.490 e. The molecule has 0 saturated heterocycles. The van der Waals surface area contributed by atoms with Crippen molar-refractivity contribution < 1.29 is 50.9 Å². The zero-order valence-electron chi connectivity index (χ0n) is 14.9. The molecular weight excluding hydrogens is 418 g/mol. The number of anilines is 1. The van der Waals surface area contributed by atoms with Crippen LogP contribution >= 0.6 is 0 Å². The number of carboxylic acids is 2. The largest absolute Gasteiger partial charge is 0.490 e. The number of rotatable bonds is 3. The van der Waals surface area contributed by atoms with Gasteiger partial charge in [0.1, 0.15) is 5.82 Å². The monoisotopic (exact) mass is 436 g/mol. The molecule has 1 unspecified atom stereocenters. The number of aromatic nitrogens is 1. The first kappa shape index (κ1) is 28.1. The lowest BCUT2D eigenvalue weighted by atomic mass is 10.2. The van der Waals surface area contributed by atoms with E-state index < -0.39 is 30.3 Å². The quantitative estimate of drug-likeness (QED) is 0.440. The van der Waals surface area contributed by atoms with Crippen molar-refractivity contribution in [1.82, 2.24) is 10.3 Å². The normalized spacial score (nSPS) is 11.8. The predicted molar refractivity (Wildman–Crippen MR) is 86.3 cm³/mol. The van der Waals surface area contributed by atoms with Crippen LogP contribution in [0.25, 0.3) is 0 Å². The molecule has 0 aliphatic carbocycles. The number of aryl methyl sites for hydroxylation is 1. The van der Waals surface area contributed by atoms with Crippen molar-refractivity contribution in [2.75, 3.05) is 5.73 Å². The van der Waals surface area contributed by atoms with Crippen LogP contribution in [0.5, 0.6) is 0 Å². The minimum absolute atomic E-state index is 0.175. The van der Waals surface area contributed by atoms with Crippen LogP contribution in [-0.4, -0.2) is 51.4 Å². The number of hydrogen-bond acceptors (Lipinski definition) is 6. The number of hydrogen-bond donors (Lipinski definition) is 5. The molecular formula is C14H18F6N4O5. The van der Waals surface area contributed by atoms with Crippen molar-refractivity contribution >= 4 is 23.7 Å². The molecule has 1 aromatic rings. The number of alkyl halides is 6. The van der Waals surface area contributed by atoms with Gasteiger partial charge in [0.2, 0.25) is 5.91 Å². The van der Waals surface area contributed by atoms with Gasteiger partial charge in [0.05, 0.1) is 6.04 Å². The molecule has 1 atom stereocenters. The van der Waals surface area contributed by atoms with E-state index >= 15 is 0 Å². The lowest BCUT2D eigenvalue weighted by Crippen LogP contribution is -2.37. The average Bonchev–Trinajstić information content (AvgIpc) is 2.53. The molecule has 0 aliphatic rings. The number of carboxylic acid groups (broad SMARTS) is 2. The Hall–Kier alpha value is -3.10. The Balaban J connectivity index is 0. The second kappa shape index (κ2) is 11.7. The minimum atomic E-state index is -5.08. The van der Waals surface area contributed by atoms with Crippen molar-refractivity contribution in [3.63, 3.8) is 0 Å². The van der Waals surface area contributed by atoms with Gasteiger partial charge in [-0.25, -0.2) is 14.6 Å². The fourth-order valence-corrected chi connectivity index (χ4v) is 1.14. The molecule has 0 fully saturated rings. The number of pyridine rings is 1. The van der Waals surface area contributed by atoms with Gasteiger partial charge in [0.15, 0.2) is 0 Å². The van der Waals surface area contributed by atoms with Gasteiger partial charge in [-0.15, -0.1) is 0 Å². The van der Waals surface area contributed by atoms with E-state index in [0.29, 0.717) is 12.4 Å². The predicted octanol–water partition coefficient (Wildman–Crippen LogP) is 1.20. The number of amides is 1. The van der Waals surface area contributed by atoms with Gasteiger partial charge in [0, 0.05) is 12.2 Å². The summed E-state index contributed by atoms with van der Waals surface area (Å²) in [6, 6.07) is 3.06. The molecule has 0 spiro atoms. The van der Waals surface area contributed by atoms with Gasteiger partial charge >= 0.3 is 24.3 Å². The molecule has 1 rings (SSSR count). The molecule has 7 N–H and O–H groups in total. The first-order chi connectivity index (χ1) is 12.9.